The number of nitrogens with zero attached hydrogens (tertiary/aromatic N) is 2. The van der Waals surface area contributed by atoms with E-state index in [9.17, 15) is 23.6 Å². The molecule has 0 amide bonds. The molecule has 0 saturated carbocycles. The van der Waals surface area contributed by atoms with Crippen molar-refractivity contribution in [3.8, 4) is 6.07 Å². The molecule has 1 aliphatic heterocycles. The first-order valence-electron chi connectivity index (χ1n) is 8.62. The summed E-state index contributed by atoms with van der Waals surface area (Å²) in [5.41, 5.74) is 0.316. The molecule has 2 aromatic rings. The van der Waals surface area contributed by atoms with E-state index < -0.39 is 21.4 Å². The van der Waals surface area contributed by atoms with Gasteiger partial charge in [-0.2, -0.15) is 9.57 Å². The summed E-state index contributed by atoms with van der Waals surface area (Å²) in [4.78, 5) is 12.0. The van der Waals surface area contributed by atoms with Crippen molar-refractivity contribution >= 4 is 16.0 Å². The van der Waals surface area contributed by atoms with Gasteiger partial charge in [-0.3, -0.25) is 4.79 Å². The summed E-state index contributed by atoms with van der Waals surface area (Å²) in [6.45, 7) is 1.86. The second-order valence-corrected chi connectivity index (χ2v) is 8.62. The zero-order valence-electron chi connectivity index (χ0n) is 14.9. The van der Waals surface area contributed by atoms with Crippen molar-refractivity contribution in [1.29, 1.82) is 5.26 Å². The fourth-order valence-corrected chi connectivity index (χ4v) is 5.29. The molecule has 7 heteroatoms. The summed E-state index contributed by atoms with van der Waals surface area (Å²) in [5.74, 6) is -0.945. The van der Waals surface area contributed by atoms with Crippen molar-refractivity contribution in [2.45, 2.75) is 30.1 Å². The molecule has 6 nitrogen and oxygen atoms in total. The number of hydrogen-bond acceptors (Lipinski definition) is 4. The van der Waals surface area contributed by atoms with Gasteiger partial charge in [0.15, 0.2) is 0 Å². The van der Waals surface area contributed by atoms with E-state index in [1.807, 2.05) is 12.1 Å². The lowest BCUT2D eigenvalue weighted by atomic mass is 9.73. The van der Waals surface area contributed by atoms with E-state index in [0.29, 0.717) is 11.1 Å². The van der Waals surface area contributed by atoms with Crippen molar-refractivity contribution < 1.29 is 18.3 Å². The van der Waals surface area contributed by atoms with E-state index in [2.05, 4.69) is 0 Å². The number of aliphatic carboxylic acids is 1. The molecule has 0 aromatic heterocycles. The highest BCUT2D eigenvalue weighted by Gasteiger charge is 2.45. The molecular formula is C20H20N2O4S. The number of piperidine rings is 1. The van der Waals surface area contributed by atoms with E-state index in [4.69, 9.17) is 0 Å². The first-order chi connectivity index (χ1) is 12.8. The third-order valence-electron chi connectivity index (χ3n) is 5.28. The van der Waals surface area contributed by atoms with Crippen LogP contribution in [0.25, 0.3) is 0 Å². The molecule has 0 bridgehead atoms. The van der Waals surface area contributed by atoms with Gasteiger partial charge in [0.05, 0.1) is 11.0 Å². The summed E-state index contributed by atoms with van der Waals surface area (Å²) in [7, 11) is -3.87. The highest BCUT2D eigenvalue weighted by atomic mass is 32.2. The average molecular weight is 384 g/mol. The number of sulfonamides is 1. The van der Waals surface area contributed by atoms with Crippen LogP contribution in [0, 0.1) is 18.3 Å². The van der Waals surface area contributed by atoms with Crippen molar-refractivity contribution in [1.82, 2.24) is 4.31 Å². The highest BCUT2D eigenvalue weighted by Crippen LogP contribution is 2.37. The van der Waals surface area contributed by atoms with Crippen LogP contribution >= 0.6 is 0 Å². The molecule has 1 saturated heterocycles. The van der Waals surface area contributed by atoms with Crippen LogP contribution in [0.5, 0.6) is 0 Å². The Bertz CT molecular complexity index is 1000. The van der Waals surface area contributed by atoms with Gasteiger partial charge in [-0.15, -0.1) is 0 Å². The molecular weight excluding hydrogens is 364 g/mol. The van der Waals surface area contributed by atoms with Crippen LogP contribution in [0.4, 0.5) is 0 Å². The molecule has 0 radical (unpaired) electrons. The maximum Gasteiger partial charge on any atom is 0.314 e. The zero-order valence-corrected chi connectivity index (χ0v) is 15.7. The maximum atomic E-state index is 13.1. The van der Waals surface area contributed by atoms with Crippen LogP contribution in [0.3, 0.4) is 0 Å². The lowest BCUT2D eigenvalue weighted by molar-refractivity contribution is -0.145. The monoisotopic (exact) mass is 384 g/mol. The Labute approximate surface area is 158 Å². The normalized spacial score (nSPS) is 17.2. The summed E-state index contributed by atoms with van der Waals surface area (Å²) in [6, 6.07) is 15.6. The van der Waals surface area contributed by atoms with Gasteiger partial charge >= 0.3 is 5.97 Å². The molecule has 140 valence electrons. The molecule has 0 atom stereocenters. The molecule has 0 spiro atoms. The summed E-state index contributed by atoms with van der Waals surface area (Å²) < 4.78 is 27.4. The van der Waals surface area contributed by atoms with Gasteiger partial charge in [0.2, 0.25) is 10.0 Å². The minimum atomic E-state index is -3.87. The van der Waals surface area contributed by atoms with Crippen LogP contribution < -0.4 is 0 Å². The largest absolute Gasteiger partial charge is 0.481 e. The topological polar surface area (TPSA) is 98.5 Å². The molecule has 2 aromatic carbocycles. The molecule has 1 N–H and O–H groups in total. The molecule has 3 rings (SSSR count). The Hall–Kier alpha value is -2.69. The number of hydrogen-bond donors (Lipinski definition) is 1. The smallest absolute Gasteiger partial charge is 0.314 e. The van der Waals surface area contributed by atoms with E-state index in [0.717, 1.165) is 0 Å². The van der Waals surface area contributed by atoms with Gasteiger partial charge in [-0.25, -0.2) is 8.42 Å². The van der Waals surface area contributed by atoms with Crippen molar-refractivity contribution in [2.75, 3.05) is 13.1 Å². The fraction of sp³-hybridized carbons (Fsp3) is 0.300. The van der Waals surface area contributed by atoms with Gasteiger partial charge < -0.3 is 5.11 Å². The maximum absolute atomic E-state index is 13.1. The van der Waals surface area contributed by atoms with Crippen molar-refractivity contribution in [3.63, 3.8) is 0 Å². The van der Waals surface area contributed by atoms with Crippen LogP contribution in [-0.4, -0.2) is 36.9 Å². The van der Waals surface area contributed by atoms with Gasteiger partial charge in [0.25, 0.3) is 0 Å². The lowest BCUT2D eigenvalue weighted by Gasteiger charge is -2.38. The first kappa shape index (κ1) is 19.1. The number of aryl methyl sites for hydroxylation is 1. The van der Waals surface area contributed by atoms with E-state index in [-0.39, 0.29) is 36.4 Å². The van der Waals surface area contributed by atoms with Crippen LogP contribution in [0.2, 0.25) is 0 Å². The van der Waals surface area contributed by atoms with Gasteiger partial charge in [-0.05, 0) is 37.0 Å². The average Bonchev–Trinajstić information content (AvgIpc) is 2.68. The second kappa shape index (κ2) is 7.14. The predicted molar refractivity (Wildman–Crippen MR) is 99.6 cm³/mol. The van der Waals surface area contributed by atoms with Crippen molar-refractivity contribution in [3.05, 3.63) is 65.2 Å². The number of rotatable bonds is 4. The quantitative estimate of drug-likeness (QED) is 0.874. The Morgan fingerprint density at radius 3 is 2.30 bits per heavy atom. The number of benzene rings is 2. The minimum absolute atomic E-state index is 0.0208. The lowest BCUT2D eigenvalue weighted by Crippen LogP contribution is -2.49. The van der Waals surface area contributed by atoms with Gasteiger partial charge in [-0.1, -0.05) is 42.5 Å². The Morgan fingerprint density at radius 1 is 1.11 bits per heavy atom. The third kappa shape index (κ3) is 3.22. The number of carboxylic acid groups (broad SMARTS) is 1. The molecule has 0 aliphatic carbocycles. The Balaban J connectivity index is 1.92. The molecule has 1 heterocycles. The highest BCUT2D eigenvalue weighted by molar-refractivity contribution is 7.89. The molecule has 27 heavy (non-hydrogen) atoms. The van der Waals surface area contributed by atoms with Gasteiger partial charge in [0, 0.05) is 13.1 Å². The number of nitriles is 1. The fourth-order valence-electron chi connectivity index (χ4n) is 3.63. The Morgan fingerprint density at radius 2 is 1.74 bits per heavy atom. The molecule has 0 unspecified atom stereocenters. The number of carbonyl (C=O) groups is 1. The van der Waals surface area contributed by atoms with Crippen LogP contribution in [-0.2, 0) is 20.2 Å². The van der Waals surface area contributed by atoms with E-state index in [1.165, 1.54) is 10.4 Å². The predicted octanol–water partition coefficient (Wildman–Crippen LogP) is 2.67. The standard InChI is InChI=1S/C20H20N2O4S/c1-15-6-5-9-18(17(15)14-21)27(25,26)22-12-10-20(11-13-22,19(23)24)16-7-3-2-4-8-16/h2-9H,10-13H2,1H3,(H,23,24). The third-order valence-corrected chi connectivity index (χ3v) is 7.22. The van der Waals surface area contributed by atoms with Crippen molar-refractivity contribution in [2.24, 2.45) is 0 Å². The summed E-state index contributed by atoms with van der Waals surface area (Å²) >= 11 is 0. The summed E-state index contributed by atoms with van der Waals surface area (Å²) in [6.07, 6.45) is 0.360. The van der Waals surface area contributed by atoms with E-state index in [1.54, 1.807) is 43.3 Å². The first-order valence-corrected chi connectivity index (χ1v) is 10.1. The Kier molecular flexibility index (Phi) is 5.05. The summed E-state index contributed by atoms with van der Waals surface area (Å²) in [5, 5.41) is 19.2. The van der Waals surface area contributed by atoms with Gasteiger partial charge in [0.1, 0.15) is 11.0 Å². The zero-order chi connectivity index (χ0) is 19.7. The SMILES string of the molecule is Cc1cccc(S(=O)(=O)N2CCC(C(=O)O)(c3ccccc3)CC2)c1C#N. The molecule has 1 fully saturated rings. The second-order valence-electron chi connectivity index (χ2n) is 6.72. The minimum Gasteiger partial charge on any atom is -0.481 e. The molecule has 1 aliphatic rings. The van der Waals surface area contributed by atoms with Crippen LogP contribution in [0.15, 0.2) is 53.4 Å². The van der Waals surface area contributed by atoms with Crippen LogP contribution in [0.1, 0.15) is 29.5 Å². The van der Waals surface area contributed by atoms with E-state index >= 15 is 0 Å². The number of carboxylic acids is 1.